The van der Waals surface area contributed by atoms with Crippen molar-refractivity contribution in [2.45, 2.75) is 0 Å². The molecular weight excluding hydrogens is 334 g/mol. The third-order valence-corrected chi connectivity index (χ3v) is 4.33. The molecule has 1 heterocycles. The van der Waals surface area contributed by atoms with E-state index in [1.807, 2.05) is 18.2 Å². The van der Waals surface area contributed by atoms with E-state index in [0.717, 1.165) is 18.8 Å². The van der Waals surface area contributed by atoms with E-state index in [-0.39, 0.29) is 11.5 Å². The van der Waals surface area contributed by atoms with E-state index >= 15 is 0 Å². The second-order valence-electron chi connectivity index (χ2n) is 6.00. The van der Waals surface area contributed by atoms with Crippen molar-refractivity contribution in [1.82, 2.24) is 4.90 Å². The Morgan fingerprint density at radius 1 is 0.846 bits per heavy atom. The van der Waals surface area contributed by atoms with E-state index in [1.54, 1.807) is 4.90 Å². The van der Waals surface area contributed by atoms with Crippen molar-refractivity contribution in [1.29, 1.82) is 0 Å². The number of hydrogen-bond acceptors (Lipinski definition) is 2. The number of benzene rings is 2. The minimum Gasteiger partial charge on any atom is -0.368 e. The van der Waals surface area contributed by atoms with Crippen LogP contribution in [0.5, 0.6) is 0 Å². The summed E-state index contributed by atoms with van der Waals surface area (Å²) in [7, 11) is 0. The molecule has 3 rings (SSSR count). The molecule has 2 aromatic carbocycles. The van der Waals surface area contributed by atoms with Crippen molar-refractivity contribution in [3.8, 4) is 0 Å². The van der Waals surface area contributed by atoms with Crippen LogP contribution in [0.4, 0.5) is 14.5 Å². The number of halogens is 2. The molecule has 26 heavy (non-hydrogen) atoms. The molecule has 0 unspecified atom stereocenters. The Kier molecular flexibility index (Phi) is 5.79. The second-order valence-corrected chi connectivity index (χ2v) is 6.00. The van der Waals surface area contributed by atoms with Crippen LogP contribution in [0.25, 0.3) is 6.08 Å². The Balaban J connectivity index is 1.53. The van der Waals surface area contributed by atoms with Gasteiger partial charge in [0.05, 0.1) is 0 Å². The first-order valence-electron chi connectivity index (χ1n) is 8.53. The van der Waals surface area contributed by atoms with Gasteiger partial charge in [0.25, 0.3) is 0 Å². The highest BCUT2D eigenvalue weighted by atomic mass is 19.1. The van der Waals surface area contributed by atoms with Crippen molar-refractivity contribution in [3.05, 3.63) is 84.0 Å². The van der Waals surface area contributed by atoms with Gasteiger partial charge in [0.15, 0.2) is 0 Å². The topological polar surface area (TPSA) is 23.6 Å². The van der Waals surface area contributed by atoms with Crippen molar-refractivity contribution in [3.63, 3.8) is 0 Å². The lowest BCUT2D eigenvalue weighted by Crippen LogP contribution is -2.48. The minimum atomic E-state index is -0.627. The maximum Gasteiger partial charge on any atom is 0.246 e. The highest BCUT2D eigenvalue weighted by Crippen LogP contribution is 2.16. The third kappa shape index (κ3) is 4.36. The molecule has 0 saturated carbocycles. The fourth-order valence-electron chi connectivity index (χ4n) is 2.89. The maximum absolute atomic E-state index is 13.5. The molecule has 0 bridgehead atoms. The normalized spacial score (nSPS) is 15.2. The highest BCUT2D eigenvalue weighted by molar-refractivity contribution is 5.88. The Hall–Kier alpha value is -2.95. The van der Waals surface area contributed by atoms with Gasteiger partial charge in [0.2, 0.25) is 5.91 Å². The van der Waals surface area contributed by atoms with E-state index in [1.165, 1.54) is 42.5 Å². The number of para-hydroxylation sites is 1. The molecular formula is C21H20F2N2O. The van der Waals surface area contributed by atoms with Gasteiger partial charge in [0.1, 0.15) is 11.6 Å². The number of anilines is 1. The van der Waals surface area contributed by atoms with Gasteiger partial charge >= 0.3 is 0 Å². The maximum atomic E-state index is 13.5. The van der Waals surface area contributed by atoms with Crippen molar-refractivity contribution in [2.75, 3.05) is 31.1 Å². The van der Waals surface area contributed by atoms with Gasteiger partial charge in [-0.15, -0.1) is 0 Å². The summed E-state index contributed by atoms with van der Waals surface area (Å²) in [5, 5.41) is 0. The van der Waals surface area contributed by atoms with Gasteiger partial charge in [-0.2, -0.15) is 0 Å². The molecule has 0 aliphatic carbocycles. The predicted octanol–water partition coefficient (Wildman–Crippen LogP) is 3.88. The van der Waals surface area contributed by atoms with Crippen LogP contribution in [0.15, 0.2) is 66.8 Å². The molecule has 0 aromatic heterocycles. The molecule has 3 nitrogen and oxygen atoms in total. The van der Waals surface area contributed by atoms with Gasteiger partial charge in [-0.1, -0.05) is 36.4 Å². The number of piperazine rings is 1. The average Bonchev–Trinajstić information content (AvgIpc) is 2.68. The summed E-state index contributed by atoms with van der Waals surface area (Å²) in [6.45, 7) is 2.84. The van der Waals surface area contributed by atoms with E-state index in [9.17, 15) is 13.6 Å². The Labute approximate surface area is 151 Å². The van der Waals surface area contributed by atoms with Gasteiger partial charge in [0, 0.05) is 43.5 Å². The first kappa shape index (κ1) is 17.9. The molecule has 1 aliphatic rings. The summed E-state index contributed by atoms with van der Waals surface area (Å²) in [5.74, 6) is -1.35. The molecule has 1 saturated heterocycles. The molecule has 1 aliphatic heterocycles. The number of allylic oxidation sites excluding steroid dienone is 2. The van der Waals surface area contributed by atoms with E-state index in [0.29, 0.717) is 13.1 Å². The molecule has 0 N–H and O–H groups in total. The lowest BCUT2D eigenvalue weighted by molar-refractivity contribution is -0.126. The number of hydrogen-bond donors (Lipinski definition) is 0. The van der Waals surface area contributed by atoms with E-state index < -0.39 is 11.6 Å². The Bertz CT molecular complexity index is 790. The SMILES string of the molecule is O=C(/C=C/C=C/c1c(F)cccc1F)N1CCN(c2ccccc2)CC1. The lowest BCUT2D eigenvalue weighted by atomic mass is 10.2. The van der Waals surface area contributed by atoms with Crippen molar-refractivity contribution >= 4 is 17.7 Å². The quantitative estimate of drug-likeness (QED) is 0.614. The summed E-state index contributed by atoms with van der Waals surface area (Å²) in [5.41, 5.74) is 1.05. The van der Waals surface area contributed by atoms with Crippen LogP contribution in [0, 0.1) is 11.6 Å². The minimum absolute atomic E-state index is 0.101. The molecule has 0 spiro atoms. The van der Waals surface area contributed by atoms with Gasteiger partial charge in [-0.05, 0) is 30.3 Å². The van der Waals surface area contributed by atoms with E-state index in [4.69, 9.17) is 0 Å². The lowest BCUT2D eigenvalue weighted by Gasteiger charge is -2.35. The van der Waals surface area contributed by atoms with E-state index in [2.05, 4.69) is 17.0 Å². The largest absolute Gasteiger partial charge is 0.368 e. The molecule has 1 amide bonds. The third-order valence-electron chi connectivity index (χ3n) is 4.33. The fraction of sp³-hybridized carbons (Fsp3) is 0.190. The zero-order valence-electron chi connectivity index (χ0n) is 14.3. The molecule has 0 radical (unpaired) electrons. The summed E-state index contributed by atoms with van der Waals surface area (Å²) in [6.07, 6.45) is 5.73. The summed E-state index contributed by atoms with van der Waals surface area (Å²) in [6, 6.07) is 13.8. The summed E-state index contributed by atoms with van der Waals surface area (Å²) >= 11 is 0. The van der Waals surface area contributed by atoms with Crippen LogP contribution in [0.2, 0.25) is 0 Å². The van der Waals surface area contributed by atoms with Crippen molar-refractivity contribution in [2.24, 2.45) is 0 Å². The Morgan fingerprint density at radius 2 is 1.50 bits per heavy atom. The van der Waals surface area contributed by atoms with Crippen LogP contribution in [0.1, 0.15) is 5.56 Å². The predicted molar refractivity (Wildman–Crippen MR) is 99.8 cm³/mol. The number of rotatable bonds is 4. The number of amides is 1. The van der Waals surface area contributed by atoms with Crippen LogP contribution in [-0.4, -0.2) is 37.0 Å². The van der Waals surface area contributed by atoms with Crippen LogP contribution >= 0.6 is 0 Å². The zero-order chi connectivity index (χ0) is 18.4. The first-order valence-corrected chi connectivity index (χ1v) is 8.53. The summed E-state index contributed by atoms with van der Waals surface area (Å²) in [4.78, 5) is 16.2. The fourth-order valence-corrected chi connectivity index (χ4v) is 2.89. The molecule has 5 heteroatoms. The van der Waals surface area contributed by atoms with Crippen LogP contribution < -0.4 is 4.90 Å². The van der Waals surface area contributed by atoms with Gasteiger partial charge in [-0.25, -0.2) is 8.78 Å². The smallest absolute Gasteiger partial charge is 0.246 e. The monoisotopic (exact) mass is 354 g/mol. The molecule has 1 fully saturated rings. The van der Waals surface area contributed by atoms with Gasteiger partial charge < -0.3 is 9.80 Å². The second kappa shape index (κ2) is 8.43. The standard InChI is InChI=1S/C21H20F2N2O/c22-19-10-6-11-20(23)18(19)9-4-5-12-21(26)25-15-13-24(14-16-25)17-7-2-1-3-8-17/h1-12H,13-16H2/b9-4+,12-5+. The molecule has 134 valence electrons. The zero-order valence-corrected chi connectivity index (χ0v) is 14.3. The number of carbonyl (C=O) groups is 1. The number of nitrogens with zero attached hydrogens (tertiary/aromatic N) is 2. The highest BCUT2D eigenvalue weighted by Gasteiger charge is 2.19. The summed E-state index contributed by atoms with van der Waals surface area (Å²) < 4.78 is 27.0. The van der Waals surface area contributed by atoms with Crippen molar-refractivity contribution < 1.29 is 13.6 Å². The number of carbonyl (C=O) groups excluding carboxylic acids is 1. The first-order chi connectivity index (χ1) is 12.6. The van der Waals surface area contributed by atoms with Crippen LogP contribution in [-0.2, 0) is 4.79 Å². The molecule has 0 atom stereocenters. The van der Waals surface area contributed by atoms with Gasteiger partial charge in [-0.3, -0.25) is 4.79 Å². The molecule has 2 aromatic rings. The average molecular weight is 354 g/mol. The van der Waals surface area contributed by atoms with Crippen LogP contribution in [0.3, 0.4) is 0 Å². The Morgan fingerprint density at radius 3 is 2.15 bits per heavy atom.